The van der Waals surface area contributed by atoms with Crippen molar-refractivity contribution in [3.05, 3.63) is 21.9 Å². The molecule has 0 fully saturated rings. The minimum atomic E-state index is 0.0902. The summed E-state index contributed by atoms with van der Waals surface area (Å²) in [4.78, 5) is 14.9. The van der Waals surface area contributed by atoms with Gasteiger partial charge < -0.3 is 10.0 Å². The summed E-state index contributed by atoms with van der Waals surface area (Å²) in [5.41, 5.74) is 1.11. The molecule has 0 saturated carbocycles. The summed E-state index contributed by atoms with van der Waals surface area (Å²) in [6.07, 6.45) is 2.47. The van der Waals surface area contributed by atoms with Crippen LogP contribution in [0, 0.1) is 17.8 Å². The number of carbonyl (C=O) groups excluding carboxylic acids is 1. The van der Waals surface area contributed by atoms with Crippen molar-refractivity contribution >= 4 is 17.2 Å². The van der Waals surface area contributed by atoms with E-state index < -0.39 is 0 Å². The molecule has 1 heterocycles. The summed E-state index contributed by atoms with van der Waals surface area (Å²) in [7, 11) is 1.85. The minimum Gasteiger partial charge on any atom is -0.395 e. The Hall–Kier alpha value is -1.31. The third-order valence-corrected chi connectivity index (χ3v) is 3.94. The second-order valence-corrected chi connectivity index (χ2v) is 5.89. The normalized spacial score (nSPS) is 11.6. The zero-order valence-corrected chi connectivity index (χ0v) is 13.3. The number of thiophene rings is 1. The molecule has 0 bridgehead atoms. The van der Waals surface area contributed by atoms with E-state index in [-0.39, 0.29) is 18.4 Å². The summed E-state index contributed by atoms with van der Waals surface area (Å²) in [6, 6.07) is 2.02. The molecule has 0 aliphatic carbocycles. The molecule has 1 unspecified atom stereocenters. The van der Waals surface area contributed by atoms with Crippen LogP contribution in [-0.4, -0.2) is 29.6 Å². The maximum Gasteiger partial charge on any atom is 0.225 e. The van der Waals surface area contributed by atoms with Crippen molar-refractivity contribution in [1.82, 2.24) is 4.90 Å². The first-order valence-electron chi connectivity index (χ1n) is 7.00. The van der Waals surface area contributed by atoms with Gasteiger partial charge in [0.05, 0.1) is 11.5 Å². The monoisotopic (exact) mass is 293 g/mol. The first-order chi connectivity index (χ1) is 9.58. The smallest absolute Gasteiger partial charge is 0.225 e. The lowest BCUT2D eigenvalue weighted by Gasteiger charge is -2.20. The van der Waals surface area contributed by atoms with Gasteiger partial charge in [-0.3, -0.25) is 4.79 Å². The van der Waals surface area contributed by atoms with E-state index in [2.05, 4.69) is 18.8 Å². The van der Waals surface area contributed by atoms with Gasteiger partial charge in [-0.2, -0.15) is 0 Å². The molecule has 0 aromatic carbocycles. The van der Waals surface area contributed by atoms with E-state index in [0.29, 0.717) is 13.0 Å². The number of aliphatic hydroxyl groups excluding tert-OH is 1. The quantitative estimate of drug-likeness (QED) is 0.819. The molecule has 0 saturated heterocycles. The van der Waals surface area contributed by atoms with Gasteiger partial charge in [-0.05, 0) is 23.4 Å². The molecule has 1 rings (SSSR count). The fourth-order valence-corrected chi connectivity index (χ4v) is 2.79. The number of rotatable bonds is 6. The Morgan fingerprint density at radius 2 is 2.30 bits per heavy atom. The Kier molecular flexibility index (Phi) is 7.35. The third-order valence-electron chi connectivity index (χ3n) is 3.04. The van der Waals surface area contributed by atoms with Crippen LogP contribution < -0.4 is 0 Å². The maximum atomic E-state index is 12.1. The van der Waals surface area contributed by atoms with Crippen molar-refractivity contribution in [3.63, 3.8) is 0 Å². The number of hydrogen-bond acceptors (Lipinski definition) is 3. The summed E-state index contributed by atoms with van der Waals surface area (Å²) >= 11 is 1.58. The number of aliphatic hydroxyl groups is 1. The molecule has 1 aromatic heterocycles. The molecule has 4 heteroatoms. The lowest BCUT2D eigenvalue weighted by atomic mass is 10.0. The SMILES string of the molecule is CCCC(C)C(=O)N(C)Cc1csc(C#CCCO)c1. The highest BCUT2D eigenvalue weighted by Gasteiger charge is 2.16. The molecule has 20 heavy (non-hydrogen) atoms. The minimum absolute atomic E-state index is 0.0902. The molecule has 0 radical (unpaired) electrons. The van der Waals surface area contributed by atoms with E-state index in [1.807, 2.05) is 25.4 Å². The van der Waals surface area contributed by atoms with Crippen LogP contribution in [0.3, 0.4) is 0 Å². The Bertz CT molecular complexity index is 484. The van der Waals surface area contributed by atoms with Crippen LogP contribution in [0.15, 0.2) is 11.4 Å². The van der Waals surface area contributed by atoms with Crippen molar-refractivity contribution in [2.75, 3.05) is 13.7 Å². The van der Waals surface area contributed by atoms with Gasteiger partial charge in [-0.15, -0.1) is 11.3 Å². The van der Waals surface area contributed by atoms with Crippen LogP contribution in [-0.2, 0) is 11.3 Å². The molecular weight excluding hydrogens is 270 g/mol. The Morgan fingerprint density at radius 3 is 2.95 bits per heavy atom. The van der Waals surface area contributed by atoms with Gasteiger partial charge in [0.1, 0.15) is 0 Å². The molecule has 1 amide bonds. The van der Waals surface area contributed by atoms with E-state index in [0.717, 1.165) is 23.3 Å². The zero-order chi connectivity index (χ0) is 15.0. The van der Waals surface area contributed by atoms with Crippen molar-refractivity contribution in [2.45, 2.75) is 39.7 Å². The number of amides is 1. The summed E-state index contributed by atoms with van der Waals surface area (Å²) in [5.74, 6) is 6.21. The summed E-state index contributed by atoms with van der Waals surface area (Å²) < 4.78 is 0. The molecule has 1 N–H and O–H groups in total. The first-order valence-corrected chi connectivity index (χ1v) is 7.88. The highest BCUT2D eigenvalue weighted by atomic mass is 32.1. The van der Waals surface area contributed by atoms with Gasteiger partial charge in [-0.25, -0.2) is 0 Å². The van der Waals surface area contributed by atoms with Crippen LogP contribution in [0.2, 0.25) is 0 Å². The highest BCUT2D eigenvalue weighted by molar-refractivity contribution is 7.10. The molecule has 0 spiro atoms. The van der Waals surface area contributed by atoms with Crippen LogP contribution in [0.5, 0.6) is 0 Å². The second kappa shape index (κ2) is 8.78. The maximum absolute atomic E-state index is 12.1. The summed E-state index contributed by atoms with van der Waals surface area (Å²) in [5, 5.41) is 10.7. The first kappa shape index (κ1) is 16.7. The van der Waals surface area contributed by atoms with E-state index in [9.17, 15) is 4.79 Å². The van der Waals surface area contributed by atoms with Crippen LogP contribution in [0.25, 0.3) is 0 Å². The Morgan fingerprint density at radius 1 is 1.55 bits per heavy atom. The van der Waals surface area contributed by atoms with Gasteiger partial charge in [0.25, 0.3) is 0 Å². The predicted octanol–water partition coefficient (Wildman–Crippen LogP) is 2.88. The van der Waals surface area contributed by atoms with Crippen molar-refractivity contribution in [2.24, 2.45) is 5.92 Å². The lowest BCUT2D eigenvalue weighted by molar-refractivity contribution is -0.134. The molecule has 110 valence electrons. The average Bonchev–Trinajstić information content (AvgIpc) is 2.86. The average molecular weight is 293 g/mol. The third kappa shape index (κ3) is 5.36. The molecular formula is C16H23NO2S. The van der Waals surface area contributed by atoms with Gasteiger partial charge in [0, 0.05) is 25.9 Å². The van der Waals surface area contributed by atoms with E-state index in [1.165, 1.54) is 0 Å². The van der Waals surface area contributed by atoms with Gasteiger partial charge in [0.15, 0.2) is 0 Å². The van der Waals surface area contributed by atoms with Crippen LogP contribution >= 0.6 is 11.3 Å². The predicted molar refractivity (Wildman–Crippen MR) is 83.4 cm³/mol. The summed E-state index contributed by atoms with van der Waals surface area (Å²) in [6.45, 7) is 4.81. The molecule has 0 aliphatic rings. The Labute approximate surface area is 125 Å². The molecule has 1 atom stereocenters. The van der Waals surface area contributed by atoms with E-state index in [4.69, 9.17) is 5.11 Å². The number of carbonyl (C=O) groups is 1. The van der Waals surface area contributed by atoms with Gasteiger partial charge in [0.2, 0.25) is 5.91 Å². The van der Waals surface area contributed by atoms with E-state index in [1.54, 1.807) is 16.2 Å². The lowest BCUT2D eigenvalue weighted by Crippen LogP contribution is -2.31. The fraction of sp³-hybridized carbons (Fsp3) is 0.562. The highest BCUT2D eigenvalue weighted by Crippen LogP contribution is 2.17. The van der Waals surface area contributed by atoms with Gasteiger partial charge in [-0.1, -0.05) is 32.1 Å². The fourth-order valence-electron chi connectivity index (χ4n) is 2.01. The standard InChI is InChI=1S/C16H23NO2S/c1-4-7-13(2)16(19)17(3)11-14-10-15(20-12-14)8-5-6-9-18/h10,12-13,18H,4,6-7,9,11H2,1-3H3. The molecule has 0 aliphatic heterocycles. The largest absolute Gasteiger partial charge is 0.395 e. The molecule has 1 aromatic rings. The van der Waals surface area contributed by atoms with Crippen molar-refractivity contribution in [1.29, 1.82) is 0 Å². The van der Waals surface area contributed by atoms with Crippen LogP contribution in [0.4, 0.5) is 0 Å². The van der Waals surface area contributed by atoms with Gasteiger partial charge >= 0.3 is 0 Å². The molecule has 3 nitrogen and oxygen atoms in total. The number of nitrogens with zero attached hydrogens (tertiary/aromatic N) is 1. The Balaban J connectivity index is 2.56. The van der Waals surface area contributed by atoms with E-state index >= 15 is 0 Å². The number of hydrogen-bond donors (Lipinski definition) is 1. The topological polar surface area (TPSA) is 40.5 Å². The second-order valence-electron chi connectivity index (χ2n) is 4.98. The van der Waals surface area contributed by atoms with Crippen molar-refractivity contribution in [3.8, 4) is 11.8 Å². The van der Waals surface area contributed by atoms with Crippen LogP contribution in [0.1, 0.15) is 43.6 Å². The van der Waals surface area contributed by atoms with Crippen molar-refractivity contribution < 1.29 is 9.90 Å². The zero-order valence-electron chi connectivity index (χ0n) is 12.5.